The van der Waals surface area contributed by atoms with E-state index in [9.17, 15) is 0 Å². The Kier molecular flexibility index (Phi) is 3.35. The number of benzene rings is 1. The number of hydrogen-bond acceptors (Lipinski definition) is 1. The average molecular weight is 230 g/mol. The molecule has 0 saturated heterocycles. The zero-order valence-electron chi connectivity index (χ0n) is 10.5. The SMILES string of the molecule is c1ccc2c(c1)CC[C@@H](C1CCCCCC1)O2. The first-order chi connectivity index (χ1) is 8.43. The molecule has 1 heteroatoms. The Hall–Kier alpha value is -0.980. The van der Waals surface area contributed by atoms with Crippen LogP contribution >= 0.6 is 0 Å². The van der Waals surface area contributed by atoms with Gasteiger partial charge in [0.05, 0.1) is 0 Å². The lowest BCUT2D eigenvalue weighted by Gasteiger charge is -2.31. The molecule has 0 unspecified atom stereocenters. The predicted molar refractivity (Wildman–Crippen MR) is 70.4 cm³/mol. The van der Waals surface area contributed by atoms with E-state index >= 15 is 0 Å². The lowest BCUT2D eigenvalue weighted by Crippen LogP contribution is -2.30. The second kappa shape index (κ2) is 5.12. The molecule has 0 radical (unpaired) electrons. The van der Waals surface area contributed by atoms with Crippen molar-refractivity contribution < 1.29 is 4.74 Å². The zero-order chi connectivity index (χ0) is 11.5. The van der Waals surface area contributed by atoms with Crippen molar-refractivity contribution in [3.8, 4) is 5.75 Å². The second-order valence-corrected chi connectivity index (χ2v) is 5.55. The van der Waals surface area contributed by atoms with Crippen LogP contribution in [0, 0.1) is 5.92 Å². The molecule has 3 rings (SSSR count). The van der Waals surface area contributed by atoms with Gasteiger partial charge in [-0.25, -0.2) is 0 Å². The molecule has 0 bridgehead atoms. The summed E-state index contributed by atoms with van der Waals surface area (Å²) in [6.45, 7) is 0. The predicted octanol–water partition coefficient (Wildman–Crippen LogP) is 4.35. The van der Waals surface area contributed by atoms with Gasteiger partial charge in [0.25, 0.3) is 0 Å². The van der Waals surface area contributed by atoms with E-state index in [4.69, 9.17) is 4.74 Å². The van der Waals surface area contributed by atoms with E-state index in [1.807, 2.05) is 0 Å². The fourth-order valence-electron chi connectivity index (χ4n) is 3.36. The van der Waals surface area contributed by atoms with Gasteiger partial charge in [-0.2, -0.15) is 0 Å². The van der Waals surface area contributed by atoms with Gasteiger partial charge in [0.1, 0.15) is 11.9 Å². The van der Waals surface area contributed by atoms with Crippen molar-refractivity contribution in [3.63, 3.8) is 0 Å². The smallest absolute Gasteiger partial charge is 0.122 e. The number of fused-ring (bicyclic) bond motifs is 1. The summed E-state index contributed by atoms with van der Waals surface area (Å²) in [6, 6.07) is 8.55. The average Bonchev–Trinajstić information content (AvgIpc) is 2.67. The van der Waals surface area contributed by atoms with Crippen LogP contribution in [0.3, 0.4) is 0 Å². The van der Waals surface area contributed by atoms with E-state index in [2.05, 4.69) is 24.3 Å². The molecule has 17 heavy (non-hydrogen) atoms. The third kappa shape index (κ3) is 2.48. The highest BCUT2D eigenvalue weighted by atomic mass is 16.5. The highest BCUT2D eigenvalue weighted by Crippen LogP contribution is 2.35. The van der Waals surface area contributed by atoms with Crippen LogP contribution in [-0.2, 0) is 6.42 Å². The monoisotopic (exact) mass is 230 g/mol. The van der Waals surface area contributed by atoms with Gasteiger partial charge >= 0.3 is 0 Å². The molecule has 0 aromatic heterocycles. The molecule has 1 aromatic carbocycles. The molecule has 2 aliphatic rings. The van der Waals surface area contributed by atoms with Crippen molar-refractivity contribution in [2.45, 2.75) is 57.5 Å². The molecule has 0 spiro atoms. The third-order valence-electron chi connectivity index (χ3n) is 4.37. The number of para-hydroxylation sites is 1. The van der Waals surface area contributed by atoms with Crippen molar-refractivity contribution in [1.82, 2.24) is 0 Å². The van der Waals surface area contributed by atoms with Crippen molar-refractivity contribution in [2.24, 2.45) is 5.92 Å². The van der Waals surface area contributed by atoms with Crippen molar-refractivity contribution >= 4 is 0 Å². The second-order valence-electron chi connectivity index (χ2n) is 5.55. The first-order valence-corrected chi connectivity index (χ1v) is 7.18. The summed E-state index contributed by atoms with van der Waals surface area (Å²) in [5.74, 6) is 1.96. The van der Waals surface area contributed by atoms with E-state index in [-0.39, 0.29) is 0 Å². The summed E-state index contributed by atoms with van der Waals surface area (Å²) in [5, 5.41) is 0. The van der Waals surface area contributed by atoms with Crippen LogP contribution in [0.4, 0.5) is 0 Å². The van der Waals surface area contributed by atoms with E-state index < -0.39 is 0 Å². The van der Waals surface area contributed by atoms with Gasteiger partial charge < -0.3 is 4.74 Å². The Morgan fingerprint density at radius 3 is 2.47 bits per heavy atom. The molecule has 1 aliphatic carbocycles. The number of aryl methyl sites for hydroxylation is 1. The normalized spacial score (nSPS) is 25.8. The minimum absolute atomic E-state index is 0.489. The first kappa shape index (κ1) is 11.1. The Morgan fingerprint density at radius 2 is 1.65 bits per heavy atom. The first-order valence-electron chi connectivity index (χ1n) is 7.18. The molecule has 0 N–H and O–H groups in total. The van der Waals surface area contributed by atoms with Crippen molar-refractivity contribution in [2.75, 3.05) is 0 Å². The van der Waals surface area contributed by atoms with E-state index in [1.54, 1.807) is 0 Å². The van der Waals surface area contributed by atoms with Gasteiger partial charge in [-0.3, -0.25) is 0 Å². The van der Waals surface area contributed by atoms with Crippen LogP contribution < -0.4 is 4.74 Å². The van der Waals surface area contributed by atoms with E-state index in [1.165, 1.54) is 56.9 Å². The minimum atomic E-state index is 0.489. The maximum Gasteiger partial charge on any atom is 0.122 e. The maximum atomic E-state index is 6.23. The zero-order valence-corrected chi connectivity index (χ0v) is 10.5. The molecule has 1 heterocycles. The minimum Gasteiger partial charge on any atom is -0.490 e. The van der Waals surface area contributed by atoms with Gasteiger partial charge in [-0.1, -0.05) is 43.9 Å². The van der Waals surface area contributed by atoms with Gasteiger partial charge in [0.2, 0.25) is 0 Å². The van der Waals surface area contributed by atoms with Crippen LogP contribution in [-0.4, -0.2) is 6.10 Å². The van der Waals surface area contributed by atoms with Crippen LogP contribution in [0.1, 0.15) is 50.5 Å². The summed E-state index contributed by atoms with van der Waals surface area (Å²) in [7, 11) is 0. The van der Waals surface area contributed by atoms with Gasteiger partial charge in [-0.05, 0) is 43.2 Å². The summed E-state index contributed by atoms with van der Waals surface area (Å²) >= 11 is 0. The molecular formula is C16H22O. The Balaban J connectivity index is 1.70. The summed E-state index contributed by atoms with van der Waals surface area (Å²) in [6.07, 6.45) is 11.4. The lowest BCUT2D eigenvalue weighted by molar-refractivity contribution is 0.101. The molecule has 92 valence electrons. The lowest BCUT2D eigenvalue weighted by atomic mass is 9.88. The van der Waals surface area contributed by atoms with Crippen LogP contribution in [0.2, 0.25) is 0 Å². The highest BCUT2D eigenvalue weighted by Gasteiger charge is 2.27. The fourth-order valence-corrected chi connectivity index (χ4v) is 3.36. The molecule has 1 aliphatic heterocycles. The highest BCUT2D eigenvalue weighted by molar-refractivity contribution is 5.35. The van der Waals surface area contributed by atoms with E-state index in [0.29, 0.717) is 6.10 Å². The molecule has 0 amide bonds. The summed E-state index contributed by atoms with van der Waals surface area (Å²) < 4.78 is 6.23. The Bertz CT molecular complexity index is 364. The maximum absolute atomic E-state index is 6.23. The molecule has 1 aromatic rings. The number of hydrogen-bond donors (Lipinski definition) is 0. The largest absolute Gasteiger partial charge is 0.490 e. The van der Waals surface area contributed by atoms with Crippen LogP contribution in [0.15, 0.2) is 24.3 Å². The molecule has 1 fully saturated rings. The van der Waals surface area contributed by atoms with Crippen molar-refractivity contribution in [1.29, 1.82) is 0 Å². The molecule has 1 saturated carbocycles. The van der Waals surface area contributed by atoms with Crippen molar-refractivity contribution in [3.05, 3.63) is 29.8 Å². The molecule has 1 nitrogen and oxygen atoms in total. The van der Waals surface area contributed by atoms with Crippen LogP contribution in [0.5, 0.6) is 5.75 Å². The summed E-state index contributed by atoms with van der Waals surface area (Å²) in [4.78, 5) is 0. The van der Waals surface area contributed by atoms with Gasteiger partial charge in [0, 0.05) is 0 Å². The van der Waals surface area contributed by atoms with E-state index in [0.717, 1.165) is 11.7 Å². The standard InChI is InChI=1S/C16H22O/c1-2-4-8-13(7-3-1)16-12-11-14-9-5-6-10-15(14)17-16/h5-6,9-10,13,16H,1-4,7-8,11-12H2/t16-/m0/s1. The topological polar surface area (TPSA) is 9.23 Å². The number of rotatable bonds is 1. The van der Waals surface area contributed by atoms with Gasteiger partial charge in [-0.15, -0.1) is 0 Å². The summed E-state index contributed by atoms with van der Waals surface area (Å²) in [5.41, 5.74) is 1.40. The number of ether oxygens (including phenoxy) is 1. The third-order valence-corrected chi connectivity index (χ3v) is 4.37. The Labute approximate surface area is 104 Å². The molecule has 1 atom stereocenters. The fraction of sp³-hybridized carbons (Fsp3) is 0.625. The molecular weight excluding hydrogens is 208 g/mol. The van der Waals surface area contributed by atoms with Crippen LogP contribution in [0.25, 0.3) is 0 Å². The Morgan fingerprint density at radius 1 is 0.882 bits per heavy atom. The quantitative estimate of drug-likeness (QED) is 0.652. The van der Waals surface area contributed by atoms with Gasteiger partial charge in [0.15, 0.2) is 0 Å².